The van der Waals surface area contributed by atoms with E-state index in [1.165, 1.54) is 30.3 Å². The summed E-state index contributed by atoms with van der Waals surface area (Å²) < 4.78 is 82.4. The molecule has 2 aromatic carbocycles. The molecule has 8 rings (SSSR count). The predicted octanol–water partition coefficient (Wildman–Crippen LogP) is 7.22. The van der Waals surface area contributed by atoms with Gasteiger partial charge in [-0.05, 0) is 67.3 Å². The van der Waals surface area contributed by atoms with E-state index < -0.39 is 59.4 Å². The average Bonchev–Trinajstić information content (AvgIpc) is 3.96. The van der Waals surface area contributed by atoms with Crippen LogP contribution < -0.4 is 10.6 Å². The number of carbonyl (C=O) groups is 2. The molecule has 2 N–H and O–H groups in total. The monoisotopic (exact) mass is 771 g/mol. The molecule has 2 saturated carbocycles. The second-order valence-corrected chi connectivity index (χ2v) is 15.8. The summed E-state index contributed by atoms with van der Waals surface area (Å²) in [6.45, 7) is 4.84. The van der Waals surface area contributed by atoms with Crippen LogP contribution in [0.1, 0.15) is 88.2 Å². The maximum Gasteiger partial charge on any atom is 0.411 e. The standard InChI is InChI=1S/C36H35ClF5N9O3/c1-33(2,3)17-35(22-8-4-19(14-24(22)38)25-10-13-49(48-25)21-6-7-21)30(52)50-27(16-54-32(53)47-34(11-12-34)36(40,41)42)20-5-9-23(37)26(15-20)51-29(43-18-44-51)28(39)45-31(50)46-35/h4-5,8-10,13-15,18,21,27-28H,6-7,11-12,16-17H2,1-3H3,(H,45,46)(H,47,53)/t27-,28?,35-/m1/s1. The molecule has 4 aromatic rings. The molecule has 2 aliphatic carbocycles. The number of nitrogens with zero attached hydrogens (tertiary/aromatic N) is 7. The maximum atomic E-state index is 16.6. The lowest BCUT2D eigenvalue weighted by Crippen LogP contribution is -2.49. The SMILES string of the molecule is CC(C)(C)C[C@]1(c2ccc(-c3ccn(C4CC4)n3)cc2F)NC2=NC(F)c3ncnn3-c3cc(ccc3Cl)[C@@H](COC(=O)NC3(C(F)(F)F)CC3)N2C1=O. The van der Waals surface area contributed by atoms with E-state index in [0.717, 1.165) is 28.8 Å². The van der Waals surface area contributed by atoms with E-state index in [1.54, 1.807) is 12.1 Å². The molecule has 1 unspecified atom stereocenters. The van der Waals surface area contributed by atoms with Crippen molar-refractivity contribution in [2.75, 3.05) is 6.61 Å². The van der Waals surface area contributed by atoms with Crippen LogP contribution in [0.25, 0.3) is 16.9 Å². The first kappa shape index (κ1) is 35.9. The van der Waals surface area contributed by atoms with E-state index in [2.05, 4.69) is 25.5 Å². The van der Waals surface area contributed by atoms with Crippen LogP contribution in [-0.4, -0.2) is 65.7 Å². The van der Waals surface area contributed by atoms with Crippen LogP contribution in [0.15, 0.2) is 60.0 Å². The van der Waals surface area contributed by atoms with E-state index in [0.29, 0.717) is 17.3 Å². The van der Waals surface area contributed by atoms with E-state index in [9.17, 15) is 18.0 Å². The molecule has 2 aromatic heterocycles. The average molecular weight is 772 g/mol. The van der Waals surface area contributed by atoms with Gasteiger partial charge in [0.2, 0.25) is 5.96 Å². The number of ether oxygens (including phenoxy) is 1. The molecular weight excluding hydrogens is 737 g/mol. The number of fused-ring (bicyclic) bond motifs is 5. The number of hydrogen-bond acceptors (Lipinski definition) is 8. The van der Waals surface area contributed by atoms with Gasteiger partial charge in [-0.3, -0.25) is 14.4 Å². The minimum absolute atomic E-state index is 0.0257. The second kappa shape index (κ2) is 12.5. The highest BCUT2D eigenvalue weighted by atomic mass is 35.5. The predicted molar refractivity (Wildman–Crippen MR) is 185 cm³/mol. The first-order valence-electron chi connectivity index (χ1n) is 17.4. The van der Waals surface area contributed by atoms with Crippen molar-refractivity contribution < 1.29 is 36.3 Å². The quantitative estimate of drug-likeness (QED) is 0.150. The van der Waals surface area contributed by atoms with Crippen molar-refractivity contribution in [1.82, 2.24) is 40.1 Å². The summed E-state index contributed by atoms with van der Waals surface area (Å²) >= 11 is 6.52. The van der Waals surface area contributed by atoms with Crippen LogP contribution in [-0.2, 0) is 15.1 Å². The number of hydrogen-bond donors (Lipinski definition) is 2. The van der Waals surface area contributed by atoms with Gasteiger partial charge < -0.3 is 15.4 Å². The van der Waals surface area contributed by atoms with Crippen LogP contribution >= 0.6 is 11.6 Å². The third-order valence-electron chi connectivity index (χ3n) is 10.1. The van der Waals surface area contributed by atoms with E-state index in [4.69, 9.17) is 16.3 Å². The zero-order chi connectivity index (χ0) is 38.4. The Morgan fingerprint density at radius 2 is 1.87 bits per heavy atom. The van der Waals surface area contributed by atoms with Gasteiger partial charge in [0.1, 0.15) is 29.8 Å². The van der Waals surface area contributed by atoms with Crippen molar-refractivity contribution in [3.05, 3.63) is 82.8 Å². The summed E-state index contributed by atoms with van der Waals surface area (Å²) in [7, 11) is 0. The third-order valence-corrected chi connectivity index (χ3v) is 10.4. The van der Waals surface area contributed by atoms with E-state index in [1.807, 2.05) is 37.0 Å². The number of alkyl halides is 4. The lowest BCUT2D eigenvalue weighted by molar-refractivity contribution is -0.164. The molecule has 3 fully saturated rings. The van der Waals surface area contributed by atoms with Gasteiger partial charge in [0.15, 0.2) is 5.82 Å². The largest absolute Gasteiger partial charge is 0.447 e. The van der Waals surface area contributed by atoms with Gasteiger partial charge in [-0.1, -0.05) is 50.6 Å². The molecule has 3 atom stereocenters. The Morgan fingerprint density at radius 1 is 1.11 bits per heavy atom. The first-order valence-corrected chi connectivity index (χ1v) is 17.8. The molecule has 4 aliphatic rings. The number of aliphatic imine (C=N–C) groups is 1. The van der Waals surface area contributed by atoms with Crippen molar-refractivity contribution in [3.8, 4) is 16.9 Å². The summed E-state index contributed by atoms with van der Waals surface area (Å²) in [5, 5.41) is 13.8. The highest BCUT2D eigenvalue weighted by molar-refractivity contribution is 6.32. The molecule has 54 heavy (non-hydrogen) atoms. The Labute approximate surface area is 310 Å². The van der Waals surface area contributed by atoms with Crippen LogP contribution in [0.2, 0.25) is 5.02 Å². The molecule has 0 radical (unpaired) electrons. The Hall–Kier alpha value is -5.06. The summed E-state index contributed by atoms with van der Waals surface area (Å²) in [6.07, 6.45) is -4.03. The molecule has 4 heterocycles. The number of alkyl carbamates (subject to hydrolysis) is 1. The Balaban J connectivity index is 1.24. The zero-order valence-corrected chi connectivity index (χ0v) is 30.0. The van der Waals surface area contributed by atoms with Gasteiger partial charge in [-0.2, -0.15) is 23.4 Å². The topological polar surface area (TPSA) is 132 Å². The molecule has 284 valence electrons. The minimum atomic E-state index is -4.71. The Bertz CT molecular complexity index is 2190. The smallest absolute Gasteiger partial charge is 0.411 e. The number of amides is 2. The fraction of sp³-hybridized carbons (Fsp3) is 0.444. The number of aromatic nitrogens is 5. The van der Waals surface area contributed by atoms with Gasteiger partial charge >= 0.3 is 12.3 Å². The van der Waals surface area contributed by atoms with E-state index >= 15 is 13.6 Å². The molecular formula is C36H35ClF5N9O3. The molecule has 12 nitrogen and oxygen atoms in total. The Morgan fingerprint density at radius 3 is 2.54 bits per heavy atom. The van der Waals surface area contributed by atoms with Gasteiger partial charge in [-0.15, -0.1) is 0 Å². The molecule has 2 amide bonds. The molecule has 0 spiro atoms. The minimum Gasteiger partial charge on any atom is -0.447 e. The van der Waals surface area contributed by atoms with Crippen LogP contribution in [0.5, 0.6) is 0 Å². The highest BCUT2D eigenvalue weighted by Gasteiger charge is 2.65. The zero-order valence-electron chi connectivity index (χ0n) is 29.3. The molecule has 1 saturated heterocycles. The number of nitrogens with one attached hydrogen (secondary N) is 2. The summed E-state index contributed by atoms with van der Waals surface area (Å²) in [6, 6.07) is 9.64. The fourth-order valence-electron chi connectivity index (χ4n) is 7.21. The normalized spacial score (nSPS) is 23.2. The van der Waals surface area contributed by atoms with Crippen LogP contribution in [0.3, 0.4) is 0 Å². The van der Waals surface area contributed by atoms with Crippen molar-refractivity contribution in [2.45, 2.75) is 88.5 Å². The van der Waals surface area contributed by atoms with Crippen molar-refractivity contribution >= 4 is 29.6 Å². The van der Waals surface area contributed by atoms with Crippen molar-refractivity contribution in [3.63, 3.8) is 0 Å². The van der Waals surface area contributed by atoms with Gasteiger partial charge in [0.25, 0.3) is 12.2 Å². The lowest BCUT2D eigenvalue weighted by Gasteiger charge is -2.35. The third kappa shape index (κ3) is 6.25. The van der Waals surface area contributed by atoms with Gasteiger partial charge in [0.05, 0.1) is 28.5 Å². The van der Waals surface area contributed by atoms with E-state index in [-0.39, 0.29) is 52.9 Å². The second-order valence-electron chi connectivity index (χ2n) is 15.4. The van der Waals surface area contributed by atoms with Gasteiger partial charge in [0, 0.05) is 17.3 Å². The molecule has 18 heteroatoms. The number of guanidine groups is 1. The summed E-state index contributed by atoms with van der Waals surface area (Å²) in [5.41, 5.74) is -3.58. The van der Waals surface area contributed by atoms with Crippen molar-refractivity contribution in [2.24, 2.45) is 10.4 Å². The number of halogens is 6. The van der Waals surface area contributed by atoms with Crippen molar-refractivity contribution in [1.29, 1.82) is 0 Å². The highest BCUT2D eigenvalue weighted by Crippen LogP contribution is 2.49. The van der Waals surface area contributed by atoms with Gasteiger partial charge in [-0.25, -0.2) is 28.2 Å². The van der Waals surface area contributed by atoms with Crippen LogP contribution in [0, 0.1) is 11.2 Å². The maximum absolute atomic E-state index is 16.6. The number of rotatable bonds is 7. The number of benzene rings is 2. The summed E-state index contributed by atoms with van der Waals surface area (Å²) in [5.74, 6) is -2.14. The summed E-state index contributed by atoms with van der Waals surface area (Å²) in [4.78, 5) is 37.5. The van der Waals surface area contributed by atoms with Crippen LogP contribution in [0.4, 0.5) is 26.7 Å². The lowest BCUT2D eigenvalue weighted by atomic mass is 9.75. The molecule has 2 aliphatic heterocycles. The fourth-order valence-corrected chi connectivity index (χ4v) is 7.41. The first-order chi connectivity index (χ1) is 25.5. The number of carbonyl (C=O) groups excluding carboxylic acids is 2. The Kier molecular flexibility index (Phi) is 8.32. The molecule has 2 bridgehead atoms.